The number of carbonyl (C=O) groups excluding carboxylic acids is 1. The van der Waals surface area contributed by atoms with Gasteiger partial charge in [0.25, 0.3) is 0 Å². The molecule has 172 valence electrons. The summed E-state index contributed by atoms with van der Waals surface area (Å²) in [5.41, 5.74) is -0.0474. The van der Waals surface area contributed by atoms with Crippen molar-refractivity contribution in [2.45, 2.75) is 13.5 Å². The van der Waals surface area contributed by atoms with Crippen LogP contribution < -0.4 is 20.8 Å². The maximum absolute atomic E-state index is 13.1. The molecule has 1 aliphatic heterocycles. The second-order valence-electron chi connectivity index (χ2n) is 7.68. The Hall–Kier alpha value is -3.88. The summed E-state index contributed by atoms with van der Waals surface area (Å²) in [7, 11) is 0. The number of nitrogens with zero attached hydrogens (tertiary/aromatic N) is 4. The van der Waals surface area contributed by atoms with E-state index in [1.807, 2.05) is 6.92 Å². The first-order chi connectivity index (χ1) is 16.0. The van der Waals surface area contributed by atoms with Gasteiger partial charge in [0.05, 0.1) is 6.61 Å². The molecule has 0 unspecified atom stereocenters. The zero-order chi connectivity index (χ0) is 23.4. The number of aromatic nitrogens is 2. The Kier molecular flexibility index (Phi) is 6.58. The molecule has 0 spiro atoms. The molecule has 1 saturated heterocycles. The number of rotatable bonds is 6. The van der Waals surface area contributed by atoms with Gasteiger partial charge in [-0.05, 0) is 55.5 Å². The number of amides is 1. The van der Waals surface area contributed by atoms with Crippen LogP contribution in [0.15, 0.2) is 70.5 Å². The van der Waals surface area contributed by atoms with Crippen LogP contribution in [0.2, 0.25) is 0 Å². The van der Waals surface area contributed by atoms with Crippen LogP contribution in [0.25, 0.3) is 5.69 Å². The SMILES string of the molecule is CCOc1ccc(-n2ccn(CC(=O)N3CCN(c4ccc(F)cc4)CC3)c(=O)c2=O)cc1. The third-order valence-electron chi connectivity index (χ3n) is 5.61. The number of hydrogen-bond acceptors (Lipinski definition) is 5. The zero-order valence-electron chi connectivity index (χ0n) is 18.3. The topological polar surface area (TPSA) is 76.8 Å². The highest BCUT2D eigenvalue weighted by Crippen LogP contribution is 2.17. The highest BCUT2D eigenvalue weighted by Gasteiger charge is 2.22. The second-order valence-corrected chi connectivity index (χ2v) is 7.68. The Labute approximate surface area is 190 Å². The van der Waals surface area contributed by atoms with E-state index in [-0.39, 0.29) is 18.3 Å². The Morgan fingerprint density at radius 3 is 2.15 bits per heavy atom. The standard InChI is InChI=1S/C24H25FN4O4/c1-2-33-21-9-7-20(8-10-21)29-16-15-28(23(31)24(29)32)17-22(30)27-13-11-26(12-14-27)19-5-3-18(25)4-6-19/h3-10,15-16H,2,11-14,17H2,1H3. The van der Waals surface area contributed by atoms with Crippen molar-refractivity contribution >= 4 is 11.6 Å². The summed E-state index contributed by atoms with van der Waals surface area (Å²) >= 11 is 0. The fraction of sp³-hybridized carbons (Fsp3) is 0.292. The van der Waals surface area contributed by atoms with E-state index in [1.54, 1.807) is 41.3 Å². The molecule has 1 aromatic heterocycles. The number of piperazine rings is 1. The maximum Gasteiger partial charge on any atom is 0.320 e. The van der Waals surface area contributed by atoms with E-state index in [2.05, 4.69) is 4.90 Å². The molecule has 33 heavy (non-hydrogen) atoms. The lowest BCUT2D eigenvalue weighted by molar-refractivity contribution is -0.132. The van der Waals surface area contributed by atoms with Crippen LogP contribution in [0.1, 0.15) is 6.92 Å². The summed E-state index contributed by atoms with van der Waals surface area (Å²) in [6.07, 6.45) is 2.94. The molecule has 2 aromatic carbocycles. The van der Waals surface area contributed by atoms with Crippen LogP contribution in [-0.4, -0.2) is 52.7 Å². The molecule has 2 heterocycles. The molecule has 1 amide bonds. The average molecular weight is 452 g/mol. The molecule has 0 saturated carbocycles. The molecular weight excluding hydrogens is 427 g/mol. The highest BCUT2D eigenvalue weighted by molar-refractivity contribution is 5.76. The summed E-state index contributed by atoms with van der Waals surface area (Å²) in [4.78, 5) is 41.7. The van der Waals surface area contributed by atoms with Gasteiger partial charge in [-0.25, -0.2) is 4.39 Å². The Bertz CT molecular complexity index is 1230. The van der Waals surface area contributed by atoms with Gasteiger partial charge in [0, 0.05) is 49.9 Å². The van der Waals surface area contributed by atoms with E-state index < -0.39 is 11.1 Å². The van der Waals surface area contributed by atoms with Crippen LogP contribution in [-0.2, 0) is 11.3 Å². The molecule has 0 atom stereocenters. The highest BCUT2D eigenvalue weighted by atomic mass is 19.1. The van der Waals surface area contributed by atoms with Crippen LogP contribution in [0.4, 0.5) is 10.1 Å². The normalized spacial score (nSPS) is 13.8. The Balaban J connectivity index is 1.41. The predicted molar refractivity (Wildman–Crippen MR) is 123 cm³/mol. The molecule has 1 fully saturated rings. The van der Waals surface area contributed by atoms with E-state index in [0.29, 0.717) is 44.2 Å². The second kappa shape index (κ2) is 9.72. The van der Waals surface area contributed by atoms with Crippen molar-refractivity contribution in [2.24, 2.45) is 0 Å². The van der Waals surface area contributed by atoms with Crippen molar-refractivity contribution in [3.63, 3.8) is 0 Å². The summed E-state index contributed by atoms with van der Waals surface area (Å²) in [6, 6.07) is 13.1. The summed E-state index contributed by atoms with van der Waals surface area (Å²) in [5, 5.41) is 0. The van der Waals surface area contributed by atoms with Crippen LogP contribution >= 0.6 is 0 Å². The number of ether oxygens (including phenoxy) is 1. The van der Waals surface area contributed by atoms with Crippen molar-refractivity contribution in [3.8, 4) is 11.4 Å². The number of benzene rings is 2. The largest absolute Gasteiger partial charge is 0.494 e. The van der Waals surface area contributed by atoms with Gasteiger partial charge in [-0.2, -0.15) is 0 Å². The summed E-state index contributed by atoms with van der Waals surface area (Å²) in [6.45, 7) is 4.38. The minimum absolute atomic E-state index is 0.200. The molecule has 0 N–H and O–H groups in total. The number of carbonyl (C=O) groups is 1. The summed E-state index contributed by atoms with van der Waals surface area (Å²) < 4.78 is 20.9. The molecule has 9 heteroatoms. The minimum Gasteiger partial charge on any atom is -0.494 e. The number of hydrogen-bond donors (Lipinski definition) is 0. The van der Waals surface area contributed by atoms with E-state index in [0.717, 1.165) is 10.3 Å². The first kappa shape index (κ1) is 22.3. The van der Waals surface area contributed by atoms with Crippen molar-refractivity contribution in [3.05, 3.63) is 87.4 Å². The van der Waals surface area contributed by atoms with Crippen LogP contribution in [0, 0.1) is 5.82 Å². The smallest absolute Gasteiger partial charge is 0.320 e. The van der Waals surface area contributed by atoms with Crippen molar-refractivity contribution < 1.29 is 13.9 Å². The van der Waals surface area contributed by atoms with E-state index in [9.17, 15) is 18.8 Å². The molecular formula is C24H25FN4O4. The van der Waals surface area contributed by atoms with Gasteiger partial charge in [0.2, 0.25) is 5.91 Å². The van der Waals surface area contributed by atoms with Gasteiger partial charge in [0.1, 0.15) is 18.1 Å². The lowest BCUT2D eigenvalue weighted by Gasteiger charge is -2.36. The van der Waals surface area contributed by atoms with Gasteiger partial charge in [-0.3, -0.25) is 23.5 Å². The third-order valence-corrected chi connectivity index (χ3v) is 5.61. The van der Waals surface area contributed by atoms with Gasteiger partial charge in [-0.15, -0.1) is 0 Å². The average Bonchev–Trinajstić information content (AvgIpc) is 2.84. The monoisotopic (exact) mass is 452 g/mol. The fourth-order valence-corrected chi connectivity index (χ4v) is 3.82. The molecule has 0 radical (unpaired) electrons. The predicted octanol–water partition coefficient (Wildman–Crippen LogP) is 1.89. The first-order valence-electron chi connectivity index (χ1n) is 10.8. The van der Waals surface area contributed by atoms with Gasteiger partial charge in [0.15, 0.2) is 0 Å². The van der Waals surface area contributed by atoms with Gasteiger partial charge >= 0.3 is 11.1 Å². The van der Waals surface area contributed by atoms with Crippen LogP contribution in [0.5, 0.6) is 5.75 Å². The molecule has 4 rings (SSSR count). The van der Waals surface area contributed by atoms with Crippen molar-refractivity contribution in [2.75, 3.05) is 37.7 Å². The molecule has 1 aliphatic rings. The molecule has 0 bridgehead atoms. The van der Waals surface area contributed by atoms with Crippen molar-refractivity contribution in [1.82, 2.24) is 14.0 Å². The molecule has 3 aromatic rings. The lowest BCUT2D eigenvalue weighted by atomic mass is 10.2. The van der Waals surface area contributed by atoms with Gasteiger partial charge < -0.3 is 14.5 Å². The van der Waals surface area contributed by atoms with E-state index in [1.165, 1.54) is 29.1 Å². The third kappa shape index (κ3) is 4.97. The quantitative estimate of drug-likeness (QED) is 0.534. The van der Waals surface area contributed by atoms with Crippen LogP contribution in [0.3, 0.4) is 0 Å². The van der Waals surface area contributed by atoms with Gasteiger partial charge in [-0.1, -0.05) is 0 Å². The van der Waals surface area contributed by atoms with Crippen molar-refractivity contribution in [1.29, 1.82) is 0 Å². The minimum atomic E-state index is -0.760. The number of anilines is 1. The first-order valence-corrected chi connectivity index (χ1v) is 10.8. The molecule has 8 nitrogen and oxygen atoms in total. The lowest BCUT2D eigenvalue weighted by Crippen LogP contribution is -2.50. The Morgan fingerprint density at radius 2 is 1.52 bits per heavy atom. The Morgan fingerprint density at radius 1 is 0.879 bits per heavy atom. The van der Waals surface area contributed by atoms with E-state index in [4.69, 9.17) is 4.74 Å². The number of halogens is 1. The zero-order valence-corrected chi connectivity index (χ0v) is 18.3. The fourth-order valence-electron chi connectivity index (χ4n) is 3.82. The maximum atomic E-state index is 13.1. The summed E-state index contributed by atoms with van der Waals surface area (Å²) in [5.74, 6) is 0.157. The molecule has 0 aliphatic carbocycles. The van der Waals surface area contributed by atoms with E-state index >= 15 is 0 Å².